The van der Waals surface area contributed by atoms with E-state index < -0.39 is 5.60 Å². The molecular weight excluding hydrogens is 216 g/mol. The molecule has 0 bridgehead atoms. The minimum Gasteiger partial charge on any atom is -0.398 e. The quantitative estimate of drug-likeness (QED) is 0.770. The molecule has 0 aliphatic carbocycles. The van der Waals surface area contributed by atoms with Crippen LogP contribution in [0.4, 0.5) is 11.4 Å². The highest BCUT2D eigenvalue weighted by molar-refractivity contribution is 5.97. The van der Waals surface area contributed by atoms with E-state index in [1.807, 2.05) is 26.0 Å². The fraction of sp³-hybridized carbons (Fsp3) is 0.462. The molecule has 1 fully saturated rings. The number of rotatable bonds is 2. The Morgan fingerprint density at radius 2 is 2.29 bits per heavy atom. The molecular formula is C13H18N2O2. The van der Waals surface area contributed by atoms with Crippen LogP contribution in [0.25, 0.3) is 0 Å². The zero-order chi connectivity index (χ0) is 12.5. The van der Waals surface area contributed by atoms with E-state index in [4.69, 9.17) is 10.5 Å². The van der Waals surface area contributed by atoms with Gasteiger partial charge in [-0.15, -0.1) is 0 Å². The van der Waals surface area contributed by atoms with Crippen LogP contribution in [0.15, 0.2) is 18.2 Å². The molecule has 1 aromatic rings. The number of aryl methyl sites for hydroxylation is 1. The molecule has 0 radical (unpaired) electrons. The van der Waals surface area contributed by atoms with Crippen molar-refractivity contribution < 1.29 is 9.53 Å². The van der Waals surface area contributed by atoms with E-state index in [2.05, 4.69) is 5.32 Å². The van der Waals surface area contributed by atoms with Crippen molar-refractivity contribution in [2.45, 2.75) is 32.3 Å². The molecule has 1 heterocycles. The number of benzene rings is 1. The molecule has 4 heteroatoms. The molecule has 1 aliphatic rings. The van der Waals surface area contributed by atoms with Crippen LogP contribution in [-0.4, -0.2) is 18.1 Å². The first-order chi connectivity index (χ1) is 8.01. The molecule has 0 spiro atoms. The van der Waals surface area contributed by atoms with Crippen LogP contribution in [0, 0.1) is 6.92 Å². The van der Waals surface area contributed by atoms with Gasteiger partial charge in [-0.2, -0.15) is 0 Å². The van der Waals surface area contributed by atoms with Crippen LogP contribution >= 0.6 is 0 Å². The van der Waals surface area contributed by atoms with Gasteiger partial charge in [0.1, 0.15) is 5.60 Å². The Bertz CT molecular complexity index is 437. The van der Waals surface area contributed by atoms with E-state index in [0.29, 0.717) is 12.3 Å². The number of hydrogen-bond acceptors (Lipinski definition) is 3. The van der Waals surface area contributed by atoms with Crippen LogP contribution < -0.4 is 11.1 Å². The van der Waals surface area contributed by atoms with Crippen molar-refractivity contribution in [1.29, 1.82) is 0 Å². The largest absolute Gasteiger partial charge is 0.398 e. The summed E-state index contributed by atoms with van der Waals surface area (Å²) in [5, 5.41) is 2.85. The van der Waals surface area contributed by atoms with Gasteiger partial charge in [-0.1, -0.05) is 6.07 Å². The highest BCUT2D eigenvalue weighted by atomic mass is 16.5. The van der Waals surface area contributed by atoms with Crippen LogP contribution in [0.1, 0.15) is 25.3 Å². The maximum atomic E-state index is 12.1. The number of amides is 1. The number of carbonyl (C=O) groups is 1. The summed E-state index contributed by atoms with van der Waals surface area (Å²) in [4.78, 5) is 12.1. The van der Waals surface area contributed by atoms with E-state index in [1.54, 1.807) is 6.07 Å². The van der Waals surface area contributed by atoms with Crippen LogP contribution in [0.2, 0.25) is 0 Å². The van der Waals surface area contributed by atoms with Crippen molar-refractivity contribution in [3.63, 3.8) is 0 Å². The number of nitrogens with one attached hydrogen (secondary N) is 1. The highest BCUT2D eigenvalue weighted by Gasteiger charge is 2.37. The maximum absolute atomic E-state index is 12.1. The summed E-state index contributed by atoms with van der Waals surface area (Å²) in [6, 6.07) is 5.51. The Labute approximate surface area is 101 Å². The first kappa shape index (κ1) is 11.9. The lowest BCUT2D eigenvalue weighted by atomic mass is 10.0. The third-order valence-electron chi connectivity index (χ3n) is 3.24. The van der Waals surface area contributed by atoms with Crippen LogP contribution in [-0.2, 0) is 9.53 Å². The van der Waals surface area contributed by atoms with Gasteiger partial charge in [-0.3, -0.25) is 4.79 Å². The Morgan fingerprint density at radius 3 is 2.88 bits per heavy atom. The van der Waals surface area contributed by atoms with Crippen LogP contribution in [0.3, 0.4) is 0 Å². The number of anilines is 2. The second-order valence-corrected chi connectivity index (χ2v) is 4.71. The molecule has 0 aromatic heterocycles. The summed E-state index contributed by atoms with van der Waals surface area (Å²) in [6.45, 7) is 4.41. The molecule has 17 heavy (non-hydrogen) atoms. The fourth-order valence-corrected chi connectivity index (χ4v) is 1.94. The molecule has 1 amide bonds. The van der Waals surface area contributed by atoms with Crippen molar-refractivity contribution in [3.05, 3.63) is 23.8 Å². The normalized spacial score (nSPS) is 23.6. The van der Waals surface area contributed by atoms with Gasteiger partial charge in [0.2, 0.25) is 0 Å². The summed E-state index contributed by atoms with van der Waals surface area (Å²) in [6.07, 6.45) is 1.69. The Morgan fingerprint density at radius 1 is 1.53 bits per heavy atom. The SMILES string of the molecule is Cc1ccc(NC(=O)C2(C)CCCO2)cc1N. The molecule has 0 saturated carbocycles. The van der Waals surface area contributed by atoms with E-state index in [-0.39, 0.29) is 5.91 Å². The van der Waals surface area contributed by atoms with Crippen molar-refractivity contribution in [1.82, 2.24) is 0 Å². The fourth-order valence-electron chi connectivity index (χ4n) is 1.94. The molecule has 1 aromatic carbocycles. The Balaban J connectivity index is 2.10. The van der Waals surface area contributed by atoms with Crippen molar-refractivity contribution >= 4 is 17.3 Å². The topological polar surface area (TPSA) is 64.3 Å². The molecule has 1 unspecified atom stereocenters. The number of hydrogen-bond donors (Lipinski definition) is 2. The second-order valence-electron chi connectivity index (χ2n) is 4.71. The Kier molecular flexibility index (Phi) is 3.07. The number of ether oxygens (including phenoxy) is 1. The van der Waals surface area contributed by atoms with E-state index in [1.165, 1.54) is 0 Å². The third kappa shape index (κ3) is 2.42. The average Bonchev–Trinajstić information content (AvgIpc) is 2.72. The van der Waals surface area contributed by atoms with Crippen molar-refractivity contribution in [2.24, 2.45) is 0 Å². The van der Waals surface area contributed by atoms with Crippen LogP contribution in [0.5, 0.6) is 0 Å². The van der Waals surface area contributed by atoms with E-state index in [0.717, 1.165) is 24.1 Å². The molecule has 92 valence electrons. The molecule has 4 nitrogen and oxygen atoms in total. The molecule has 2 rings (SSSR count). The predicted molar refractivity (Wildman–Crippen MR) is 67.8 cm³/mol. The van der Waals surface area contributed by atoms with Gasteiger partial charge in [-0.05, 0) is 44.4 Å². The zero-order valence-electron chi connectivity index (χ0n) is 10.2. The smallest absolute Gasteiger partial charge is 0.256 e. The summed E-state index contributed by atoms with van der Waals surface area (Å²) < 4.78 is 5.49. The second kappa shape index (κ2) is 4.37. The molecule has 3 N–H and O–H groups in total. The van der Waals surface area contributed by atoms with Crippen molar-refractivity contribution in [2.75, 3.05) is 17.7 Å². The molecule has 1 saturated heterocycles. The van der Waals surface area contributed by atoms with E-state index in [9.17, 15) is 4.79 Å². The minimum absolute atomic E-state index is 0.0988. The maximum Gasteiger partial charge on any atom is 0.256 e. The predicted octanol–water partition coefficient (Wildman–Crippen LogP) is 2.08. The summed E-state index contributed by atoms with van der Waals surface area (Å²) in [5.74, 6) is -0.0988. The lowest BCUT2D eigenvalue weighted by Crippen LogP contribution is -2.39. The summed E-state index contributed by atoms with van der Waals surface area (Å²) in [7, 11) is 0. The average molecular weight is 234 g/mol. The Hall–Kier alpha value is -1.55. The first-order valence-electron chi connectivity index (χ1n) is 5.83. The third-order valence-corrected chi connectivity index (χ3v) is 3.24. The van der Waals surface area contributed by atoms with E-state index >= 15 is 0 Å². The van der Waals surface area contributed by atoms with Gasteiger partial charge in [0, 0.05) is 18.0 Å². The number of nitrogen functional groups attached to an aromatic ring is 1. The standard InChI is InChI=1S/C13H18N2O2/c1-9-4-5-10(8-11(9)14)15-12(16)13(2)6-3-7-17-13/h4-5,8H,3,6-7,14H2,1-2H3,(H,15,16). The monoisotopic (exact) mass is 234 g/mol. The zero-order valence-corrected chi connectivity index (χ0v) is 10.2. The van der Waals surface area contributed by atoms with Gasteiger partial charge in [0.05, 0.1) is 0 Å². The van der Waals surface area contributed by atoms with Gasteiger partial charge >= 0.3 is 0 Å². The van der Waals surface area contributed by atoms with Gasteiger partial charge < -0.3 is 15.8 Å². The molecule has 1 aliphatic heterocycles. The minimum atomic E-state index is -0.695. The lowest BCUT2D eigenvalue weighted by molar-refractivity contribution is -0.133. The summed E-state index contributed by atoms with van der Waals surface area (Å²) >= 11 is 0. The lowest BCUT2D eigenvalue weighted by Gasteiger charge is -2.22. The molecule has 1 atom stereocenters. The van der Waals surface area contributed by atoms with Gasteiger partial charge in [0.25, 0.3) is 5.91 Å². The number of carbonyl (C=O) groups excluding carboxylic acids is 1. The van der Waals surface area contributed by atoms with Crippen molar-refractivity contribution in [3.8, 4) is 0 Å². The number of nitrogens with two attached hydrogens (primary N) is 1. The highest BCUT2D eigenvalue weighted by Crippen LogP contribution is 2.27. The summed E-state index contributed by atoms with van der Waals surface area (Å²) in [5.41, 5.74) is 7.51. The van der Waals surface area contributed by atoms with Gasteiger partial charge in [-0.25, -0.2) is 0 Å². The first-order valence-corrected chi connectivity index (χ1v) is 5.83. The van der Waals surface area contributed by atoms with Gasteiger partial charge in [0.15, 0.2) is 0 Å².